The summed E-state index contributed by atoms with van der Waals surface area (Å²) < 4.78 is 0. The number of hydrogen-bond donors (Lipinski definition) is 1. The van der Waals surface area contributed by atoms with Crippen molar-refractivity contribution in [2.24, 2.45) is 0 Å². The Balaban J connectivity index is 0.000000858. The predicted molar refractivity (Wildman–Crippen MR) is 128 cm³/mol. The first kappa shape index (κ1) is 22.4. The summed E-state index contributed by atoms with van der Waals surface area (Å²) in [7, 11) is 0. The van der Waals surface area contributed by atoms with Crippen molar-refractivity contribution in [2.75, 3.05) is 13.1 Å². The summed E-state index contributed by atoms with van der Waals surface area (Å²) in [5.74, 6) is 0. The average Bonchev–Trinajstić information content (AvgIpc) is 2.81. The Morgan fingerprint density at radius 2 is 1.68 bits per heavy atom. The molecule has 0 radical (unpaired) electrons. The van der Waals surface area contributed by atoms with Gasteiger partial charge in [0.2, 0.25) is 0 Å². The Kier molecular flexibility index (Phi) is 8.56. The number of pyridine rings is 1. The smallest absolute Gasteiger partial charge is 0.290 e. The molecule has 0 aliphatic carbocycles. The van der Waals surface area contributed by atoms with Gasteiger partial charge in [0.15, 0.2) is 0 Å². The van der Waals surface area contributed by atoms with Crippen LogP contribution in [-0.2, 0) is 11.3 Å². The Labute approximate surface area is 184 Å². The minimum atomic E-state index is -0.250. The van der Waals surface area contributed by atoms with Gasteiger partial charge in [-0.25, -0.2) is 0 Å². The van der Waals surface area contributed by atoms with E-state index in [1.165, 1.54) is 60.2 Å². The van der Waals surface area contributed by atoms with Crippen molar-refractivity contribution in [1.29, 1.82) is 0 Å². The molecule has 0 amide bonds. The third-order valence-corrected chi connectivity index (χ3v) is 5.60. The highest BCUT2D eigenvalue weighted by molar-refractivity contribution is 5.76. The molecular formula is C27H30N2O2. The molecule has 0 unspecified atom stereocenters. The zero-order valence-corrected chi connectivity index (χ0v) is 18.1. The van der Waals surface area contributed by atoms with E-state index in [4.69, 9.17) is 9.90 Å². The fraction of sp³-hybridized carbons (Fsp3) is 0.259. The van der Waals surface area contributed by atoms with Crippen molar-refractivity contribution in [3.63, 3.8) is 0 Å². The van der Waals surface area contributed by atoms with Gasteiger partial charge in [0.25, 0.3) is 6.47 Å². The monoisotopic (exact) mass is 414 g/mol. The molecule has 4 heteroatoms. The van der Waals surface area contributed by atoms with E-state index in [0.29, 0.717) is 0 Å². The molecule has 1 saturated heterocycles. The largest absolute Gasteiger partial charge is 0.483 e. The number of piperidine rings is 1. The number of carbonyl (C=O) groups is 1. The van der Waals surface area contributed by atoms with Crippen LogP contribution in [0.3, 0.4) is 0 Å². The van der Waals surface area contributed by atoms with Crippen LogP contribution in [0.25, 0.3) is 23.3 Å². The summed E-state index contributed by atoms with van der Waals surface area (Å²) in [4.78, 5) is 15.6. The van der Waals surface area contributed by atoms with E-state index in [-0.39, 0.29) is 6.47 Å². The van der Waals surface area contributed by atoms with E-state index in [2.05, 4.69) is 89.6 Å². The Morgan fingerprint density at radius 3 is 2.35 bits per heavy atom. The first-order valence-electron chi connectivity index (χ1n) is 10.8. The zero-order valence-electron chi connectivity index (χ0n) is 18.1. The van der Waals surface area contributed by atoms with Crippen molar-refractivity contribution in [2.45, 2.75) is 32.7 Å². The van der Waals surface area contributed by atoms with Crippen LogP contribution >= 0.6 is 0 Å². The molecule has 1 N–H and O–H groups in total. The number of benzene rings is 2. The fourth-order valence-electron chi connectivity index (χ4n) is 3.94. The fourth-order valence-corrected chi connectivity index (χ4v) is 3.94. The molecule has 1 aliphatic rings. The molecule has 0 spiro atoms. The molecule has 0 saturated carbocycles. The summed E-state index contributed by atoms with van der Waals surface area (Å²) in [6, 6.07) is 21.4. The van der Waals surface area contributed by atoms with Gasteiger partial charge in [-0.2, -0.15) is 0 Å². The van der Waals surface area contributed by atoms with Crippen LogP contribution in [0.4, 0.5) is 0 Å². The van der Waals surface area contributed by atoms with E-state index < -0.39 is 0 Å². The maximum Gasteiger partial charge on any atom is 0.290 e. The first-order chi connectivity index (χ1) is 15.2. The van der Waals surface area contributed by atoms with E-state index in [0.717, 1.165) is 12.2 Å². The van der Waals surface area contributed by atoms with Gasteiger partial charge >= 0.3 is 0 Å². The lowest BCUT2D eigenvalue weighted by Crippen LogP contribution is -2.29. The van der Waals surface area contributed by atoms with Gasteiger partial charge in [0.1, 0.15) is 0 Å². The summed E-state index contributed by atoms with van der Waals surface area (Å²) in [6.07, 6.45) is 10.4. The van der Waals surface area contributed by atoms with Crippen LogP contribution in [0, 0.1) is 6.92 Å². The van der Waals surface area contributed by atoms with E-state index >= 15 is 0 Å². The molecule has 31 heavy (non-hydrogen) atoms. The second-order valence-electron chi connectivity index (χ2n) is 7.75. The van der Waals surface area contributed by atoms with Crippen LogP contribution < -0.4 is 0 Å². The molecule has 0 atom stereocenters. The Hall–Kier alpha value is -3.24. The van der Waals surface area contributed by atoms with Crippen LogP contribution in [0.15, 0.2) is 66.9 Å². The van der Waals surface area contributed by atoms with Gasteiger partial charge in [0.05, 0.1) is 5.69 Å². The topological polar surface area (TPSA) is 53.4 Å². The van der Waals surface area contributed by atoms with Gasteiger partial charge in [-0.15, -0.1) is 0 Å². The number of nitrogens with zero attached hydrogens (tertiary/aromatic N) is 2. The third-order valence-electron chi connectivity index (χ3n) is 5.60. The van der Waals surface area contributed by atoms with E-state index in [1.807, 2.05) is 6.20 Å². The second kappa shape index (κ2) is 11.8. The quantitative estimate of drug-likeness (QED) is 0.527. The average molecular weight is 415 g/mol. The minimum Gasteiger partial charge on any atom is -0.483 e. The van der Waals surface area contributed by atoms with Crippen LogP contribution in [0.2, 0.25) is 0 Å². The van der Waals surface area contributed by atoms with Crippen LogP contribution in [0.1, 0.15) is 41.6 Å². The normalized spacial score (nSPS) is 14.1. The van der Waals surface area contributed by atoms with Crippen LogP contribution in [0.5, 0.6) is 0 Å². The summed E-state index contributed by atoms with van der Waals surface area (Å²) in [5, 5.41) is 6.89. The lowest BCUT2D eigenvalue weighted by molar-refractivity contribution is -0.122. The van der Waals surface area contributed by atoms with Gasteiger partial charge in [-0.1, -0.05) is 67.1 Å². The summed E-state index contributed by atoms with van der Waals surface area (Å²) in [6.45, 7) is 5.41. The third kappa shape index (κ3) is 6.63. The van der Waals surface area contributed by atoms with Gasteiger partial charge in [-0.05, 0) is 72.8 Å². The molecule has 1 aliphatic heterocycles. The predicted octanol–water partition coefficient (Wildman–Crippen LogP) is 5.91. The summed E-state index contributed by atoms with van der Waals surface area (Å²) >= 11 is 0. The van der Waals surface area contributed by atoms with Gasteiger partial charge < -0.3 is 5.11 Å². The number of likely N-dealkylation sites (tertiary alicyclic amines) is 1. The highest BCUT2D eigenvalue weighted by atomic mass is 16.3. The zero-order chi connectivity index (χ0) is 21.9. The molecule has 3 aromatic rings. The van der Waals surface area contributed by atoms with Gasteiger partial charge in [0, 0.05) is 12.7 Å². The number of carboxylic acid groups (broad SMARTS) is 1. The highest BCUT2D eigenvalue weighted by Crippen LogP contribution is 2.26. The van der Waals surface area contributed by atoms with E-state index in [1.54, 1.807) is 0 Å². The molecular weight excluding hydrogens is 384 g/mol. The number of rotatable bonds is 5. The molecule has 2 aromatic carbocycles. The molecule has 2 heterocycles. The van der Waals surface area contributed by atoms with Crippen LogP contribution in [-0.4, -0.2) is 34.6 Å². The van der Waals surface area contributed by atoms with E-state index in [9.17, 15) is 0 Å². The Morgan fingerprint density at radius 1 is 0.935 bits per heavy atom. The minimum absolute atomic E-state index is 0.250. The van der Waals surface area contributed by atoms with Crippen molar-refractivity contribution >= 4 is 18.6 Å². The summed E-state index contributed by atoms with van der Waals surface area (Å²) in [5.41, 5.74) is 7.39. The molecule has 0 bridgehead atoms. The molecule has 1 aromatic heterocycles. The van der Waals surface area contributed by atoms with Crippen molar-refractivity contribution < 1.29 is 9.90 Å². The SMILES string of the molecule is Cc1c(/C=C/c2ccc(CN3CCCCC3)cn2)cccc1-c1ccccc1.O=CO. The standard InChI is InChI=1S/C26H28N2.CH2O2/c1-21-23(11-8-12-26(21)24-9-4-2-5-10-24)14-16-25-15-13-22(19-27-25)20-28-17-6-3-7-18-28;2-1-3/h2,4-5,8-16,19H,3,6-7,17-18,20H2,1H3;1H,(H,2,3)/b16-14+;. The first-order valence-corrected chi connectivity index (χ1v) is 10.8. The maximum atomic E-state index is 8.36. The van der Waals surface area contributed by atoms with Crippen molar-refractivity contribution in [1.82, 2.24) is 9.88 Å². The lowest BCUT2D eigenvalue weighted by atomic mass is 9.96. The Bertz CT molecular complexity index is 976. The van der Waals surface area contributed by atoms with Gasteiger partial charge in [-0.3, -0.25) is 14.7 Å². The second-order valence-corrected chi connectivity index (χ2v) is 7.75. The van der Waals surface area contributed by atoms with Crippen molar-refractivity contribution in [3.05, 3.63) is 89.2 Å². The maximum absolute atomic E-state index is 8.36. The number of aromatic nitrogens is 1. The molecule has 160 valence electrons. The molecule has 1 fully saturated rings. The lowest BCUT2D eigenvalue weighted by Gasteiger charge is -2.26. The molecule has 4 rings (SSSR count). The van der Waals surface area contributed by atoms with Crippen molar-refractivity contribution in [3.8, 4) is 11.1 Å². The number of hydrogen-bond acceptors (Lipinski definition) is 3. The molecule has 4 nitrogen and oxygen atoms in total. The highest BCUT2D eigenvalue weighted by Gasteiger charge is 2.10.